The zero-order chi connectivity index (χ0) is 14.3. The van der Waals surface area contributed by atoms with Gasteiger partial charge in [0.15, 0.2) is 5.78 Å². The molecule has 0 saturated heterocycles. The number of fused-ring (bicyclic) bond motifs is 1. The van der Waals surface area contributed by atoms with E-state index in [0.29, 0.717) is 16.0 Å². The van der Waals surface area contributed by atoms with Gasteiger partial charge in [-0.3, -0.25) is 4.79 Å². The molecule has 0 bridgehead atoms. The third-order valence-corrected chi connectivity index (χ3v) is 3.49. The Morgan fingerprint density at radius 3 is 2.75 bits per heavy atom. The van der Waals surface area contributed by atoms with Gasteiger partial charge in [0, 0.05) is 27.7 Å². The number of aromatic amines is 1. The summed E-state index contributed by atoms with van der Waals surface area (Å²) in [5.74, 6) is -0.864. The molecule has 0 aliphatic heterocycles. The standard InChI is InChI=1S/C16H11ClFNO/c1-9-2-4-14(18)12(6-9)16(20)13-8-19-15-5-3-10(17)7-11(13)15/h2-8,19H,1H3. The topological polar surface area (TPSA) is 32.9 Å². The van der Waals surface area contributed by atoms with E-state index in [4.69, 9.17) is 11.6 Å². The van der Waals surface area contributed by atoms with E-state index in [2.05, 4.69) is 4.98 Å². The Bertz CT molecular complexity index is 822. The molecule has 0 fully saturated rings. The first kappa shape index (κ1) is 12.9. The summed E-state index contributed by atoms with van der Waals surface area (Å²) in [6.45, 7) is 1.82. The first-order chi connectivity index (χ1) is 9.56. The summed E-state index contributed by atoms with van der Waals surface area (Å²) in [5.41, 5.74) is 2.14. The number of rotatable bonds is 2. The number of carbonyl (C=O) groups is 1. The van der Waals surface area contributed by atoms with Crippen LogP contribution in [0.2, 0.25) is 5.02 Å². The highest BCUT2D eigenvalue weighted by molar-refractivity contribution is 6.31. The molecule has 2 aromatic carbocycles. The van der Waals surface area contributed by atoms with Crippen LogP contribution in [-0.2, 0) is 0 Å². The van der Waals surface area contributed by atoms with Crippen molar-refractivity contribution in [1.82, 2.24) is 4.98 Å². The Morgan fingerprint density at radius 2 is 1.95 bits per heavy atom. The molecule has 20 heavy (non-hydrogen) atoms. The van der Waals surface area contributed by atoms with Crippen LogP contribution in [-0.4, -0.2) is 10.8 Å². The van der Waals surface area contributed by atoms with E-state index in [1.807, 2.05) is 6.92 Å². The van der Waals surface area contributed by atoms with Crippen molar-refractivity contribution in [2.45, 2.75) is 6.92 Å². The van der Waals surface area contributed by atoms with Gasteiger partial charge in [0.05, 0.1) is 5.56 Å². The predicted octanol–water partition coefficient (Wildman–Crippen LogP) is 4.50. The molecular weight excluding hydrogens is 277 g/mol. The van der Waals surface area contributed by atoms with E-state index < -0.39 is 5.82 Å². The van der Waals surface area contributed by atoms with Crippen molar-refractivity contribution in [2.75, 3.05) is 0 Å². The van der Waals surface area contributed by atoms with Gasteiger partial charge in [-0.15, -0.1) is 0 Å². The minimum absolute atomic E-state index is 0.0749. The number of H-pyrrole nitrogens is 1. The Hall–Kier alpha value is -2.13. The molecule has 0 unspecified atom stereocenters. The summed E-state index contributed by atoms with van der Waals surface area (Å²) in [7, 11) is 0. The number of ketones is 1. The Kier molecular flexibility index (Phi) is 3.07. The molecule has 1 N–H and O–H groups in total. The first-order valence-corrected chi connectivity index (χ1v) is 6.51. The number of aromatic nitrogens is 1. The van der Waals surface area contributed by atoms with E-state index in [-0.39, 0.29) is 11.3 Å². The summed E-state index contributed by atoms with van der Waals surface area (Å²) < 4.78 is 13.8. The van der Waals surface area contributed by atoms with E-state index in [1.165, 1.54) is 6.07 Å². The van der Waals surface area contributed by atoms with Crippen LogP contribution in [0.1, 0.15) is 21.5 Å². The lowest BCUT2D eigenvalue weighted by Crippen LogP contribution is -2.04. The van der Waals surface area contributed by atoms with Crippen molar-refractivity contribution >= 4 is 28.3 Å². The maximum absolute atomic E-state index is 13.8. The lowest BCUT2D eigenvalue weighted by atomic mass is 10.0. The van der Waals surface area contributed by atoms with Gasteiger partial charge in [0.2, 0.25) is 0 Å². The minimum Gasteiger partial charge on any atom is -0.360 e. The zero-order valence-corrected chi connectivity index (χ0v) is 11.5. The second-order valence-electron chi connectivity index (χ2n) is 4.70. The number of nitrogens with one attached hydrogen (secondary N) is 1. The molecule has 0 saturated carbocycles. The van der Waals surface area contributed by atoms with Crippen LogP contribution in [0.5, 0.6) is 0 Å². The lowest BCUT2D eigenvalue weighted by molar-refractivity contribution is 0.103. The summed E-state index contributed by atoms with van der Waals surface area (Å²) in [6.07, 6.45) is 1.59. The molecule has 0 aliphatic rings. The highest BCUT2D eigenvalue weighted by atomic mass is 35.5. The summed E-state index contributed by atoms with van der Waals surface area (Å²) in [6, 6.07) is 9.74. The molecular formula is C16H11ClFNO. The fourth-order valence-electron chi connectivity index (χ4n) is 2.24. The summed E-state index contributed by atoms with van der Waals surface area (Å²) in [5, 5.41) is 1.24. The van der Waals surface area contributed by atoms with Crippen LogP contribution < -0.4 is 0 Å². The minimum atomic E-state index is -0.517. The van der Waals surface area contributed by atoms with Gasteiger partial charge in [-0.1, -0.05) is 23.2 Å². The number of benzene rings is 2. The van der Waals surface area contributed by atoms with Gasteiger partial charge in [-0.05, 0) is 37.3 Å². The second-order valence-corrected chi connectivity index (χ2v) is 5.14. The Balaban J connectivity index is 2.17. The highest BCUT2D eigenvalue weighted by Gasteiger charge is 2.18. The van der Waals surface area contributed by atoms with Crippen LogP contribution in [0.4, 0.5) is 4.39 Å². The van der Waals surface area contributed by atoms with Crippen LogP contribution in [0, 0.1) is 12.7 Å². The summed E-state index contributed by atoms with van der Waals surface area (Å²) in [4.78, 5) is 15.5. The molecule has 4 heteroatoms. The largest absolute Gasteiger partial charge is 0.360 e. The molecule has 0 aliphatic carbocycles. The van der Waals surface area contributed by atoms with Crippen LogP contribution in [0.25, 0.3) is 10.9 Å². The average molecular weight is 288 g/mol. The maximum Gasteiger partial charge on any atom is 0.198 e. The van der Waals surface area contributed by atoms with Gasteiger partial charge < -0.3 is 4.98 Å². The molecule has 0 amide bonds. The van der Waals surface area contributed by atoms with E-state index >= 15 is 0 Å². The van der Waals surface area contributed by atoms with Crippen molar-refractivity contribution in [1.29, 1.82) is 0 Å². The number of hydrogen-bond acceptors (Lipinski definition) is 1. The zero-order valence-electron chi connectivity index (χ0n) is 10.7. The van der Waals surface area contributed by atoms with Crippen LogP contribution in [0.15, 0.2) is 42.6 Å². The molecule has 0 atom stereocenters. The molecule has 2 nitrogen and oxygen atoms in total. The van der Waals surface area contributed by atoms with Gasteiger partial charge in [0.1, 0.15) is 5.82 Å². The molecule has 0 radical (unpaired) electrons. The number of hydrogen-bond donors (Lipinski definition) is 1. The molecule has 1 heterocycles. The van der Waals surface area contributed by atoms with E-state index in [1.54, 1.807) is 36.5 Å². The van der Waals surface area contributed by atoms with Gasteiger partial charge in [0.25, 0.3) is 0 Å². The second kappa shape index (κ2) is 4.76. The quantitative estimate of drug-likeness (QED) is 0.692. The molecule has 3 rings (SSSR count). The monoisotopic (exact) mass is 287 g/mol. The van der Waals surface area contributed by atoms with Gasteiger partial charge in [-0.25, -0.2) is 4.39 Å². The van der Waals surface area contributed by atoms with Crippen molar-refractivity contribution in [2.24, 2.45) is 0 Å². The molecule has 1 aromatic heterocycles. The summed E-state index contributed by atoms with van der Waals surface area (Å²) >= 11 is 5.96. The van der Waals surface area contributed by atoms with Crippen molar-refractivity contribution in [3.8, 4) is 0 Å². The van der Waals surface area contributed by atoms with Crippen molar-refractivity contribution in [3.63, 3.8) is 0 Å². The lowest BCUT2D eigenvalue weighted by Gasteiger charge is -2.03. The molecule has 100 valence electrons. The number of carbonyl (C=O) groups excluding carboxylic acids is 1. The average Bonchev–Trinajstić information content (AvgIpc) is 2.83. The Labute approximate surface area is 120 Å². The number of aryl methyl sites for hydroxylation is 1. The van der Waals surface area contributed by atoms with Crippen LogP contribution >= 0.6 is 11.6 Å². The molecule has 0 spiro atoms. The fourth-order valence-corrected chi connectivity index (χ4v) is 2.41. The predicted molar refractivity (Wildman–Crippen MR) is 77.9 cm³/mol. The maximum atomic E-state index is 13.8. The van der Waals surface area contributed by atoms with Crippen LogP contribution in [0.3, 0.4) is 0 Å². The van der Waals surface area contributed by atoms with Crippen molar-refractivity contribution < 1.29 is 9.18 Å². The number of halogens is 2. The van der Waals surface area contributed by atoms with E-state index in [0.717, 1.165) is 11.1 Å². The Morgan fingerprint density at radius 1 is 1.15 bits per heavy atom. The van der Waals surface area contributed by atoms with Gasteiger partial charge in [-0.2, -0.15) is 0 Å². The smallest absolute Gasteiger partial charge is 0.198 e. The third-order valence-electron chi connectivity index (χ3n) is 3.25. The molecule has 3 aromatic rings. The fraction of sp³-hybridized carbons (Fsp3) is 0.0625. The SMILES string of the molecule is Cc1ccc(F)c(C(=O)c2c[nH]c3ccc(Cl)cc23)c1. The highest BCUT2D eigenvalue weighted by Crippen LogP contribution is 2.25. The van der Waals surface area contributed by atoms with Gasteiger partial charge >= 0.3 is 0 Å². The third kappa shape index (κ3) is 2.10. The normalized spacial score (nSPS) is 10.9. The van der Waals surface area contributed by atoms with E-state index in [9.17, 15) is 9.18 Å². The van der Waals surface area contributed by atoms with Crippen molar-refractivity contribution in [3.05, 3.63) is 70.1 Å². The first-order valence-electron chi connectivity index (χ1n) is 6.14.